The van der Waals surface area contributed by atoms with Crippen molar-refractivity contribution in [1.82, 2.24) is 0 Å². The van der Waals surface area contributed by atoms with Gasteiger partial charge >= 0.3 is 14.2 Å². The smallest absolute Gasteiger partial charge is 0.408 e. The highest BCUT2D eigenvalue weighted by Gasteiger charge is 2.38. The molecule has 2 aliphatic heterocycles. The largest absolute Gasteiger partial charge is 0.485 e. The third-order valence-corrected chi connectivity index (χ3v) is 2.81. The zero-order valence-corrected chi connectivity index (χ0v) is 11.2. The Hall–Kier alpha value is -0.550. The maximum Gasteiger partial charge on any atom is 0.485 e. The fourth-order valence-corrected chi connectivity index (χ4v) is 1.89. The van der Waals surface area contributed by atoms with E-state index in [4.69, 9.17) is 18.6 Å². The van der Waals surface area contributed by atoms with Crippen molar-refractivity contribution >= 4 is 14.2 Å². The van der Waals surface area contributed by atoms with E-state index in [1.54, 1.807) is 0 Å². The van der Waals surface area contributed by atoms with Crippen LogP contribution in [0.25, 0.3) is 0 Å². The number of hydrogen-bond acceptors (Lipinski definition) is 4. The molecule has 0 unspecified atom stereocenters. The fraction of sp³-hybridized carbons (Fsp3) is 0.667. The Kier molecular flexibility index (Phi) is 5.50. The van der Waals surface area contributed by atoms with Gasteiger partial charge in [0.1, 0.15) is 0 Å². The molecule has 0 aromatic rings. The maximum absolute atomic E-state index is 5.65. The molecule has 0 aromatic heterocycles. The summed E-state index contributed by atoms with van der Waals surface area (Å²) in [7, 11) is -0.671. The minimum atomic E-state index is -0.336. The van der Waals surface area contributed by atoms with Gasteiger partial charge < -0.3 is 18.6 Å². The van der Waals surface area contributed by atoms with Crippen molar-refractivity contribution in [3.63, 3.8) is 0 Å². The summed E-state index contributed by atoms with van der Waals surface area (Å²) in [4.78, 5) is 0. The Morgan fingerprint density at radius 1 is 0.778 bits per heavy atom. The van der Waals surface area contributed by atoms with E-state index in [0.717, 1.165) is 44.6 Å². The molecule has 0 radical (unpaired) electrons. The Bertz CT molecular complexity index is 294. The van der Waals surface area contributed by atoms with Crippen LogP contribution in [0.5, 0.6) is 0 Å². The summed E-state index contributed by atoms with van der Waals surface area (Å²) in [5.74, 6) is 0. The van der Waals surface area contributed by atoms with Crippen LogP contribution in [0.4, 0.5) is 0 Å². The van der Waals surface area contributed by atoms with Crippen molar-refractivity contribution in [3.05, 3.63) is 23.1 Å². The van der Waals surface area contributed by atoms with Gasteiger partial charge in [0.15, 0.2) is 0 Å². The lowest BCUT2D eigenvalue weighted by Gasteiger charge is -2.27. The van der Waals surface area contributed by atoms with Crippen LogP contribution in [-0.2, 0) is 18.6 Å². The summed E-state index contributed by atoms with van der Waals surface area (Å²) < 4.78 is 22.6. The van der Waals surface area contributed by atoms with Crippen LogP contribution >= 0.6 is 0 Å². The van der Waals surface area contributed by atoms with Gasteiger partial charge in [0.25, 0.3) is 0 Å². The Morgan fingerprint density at radius 3 is 1.61 bits per heavy atom. The number of hydrogen-bond donors (Lipinski definition) is 0. The zero-order chi connectivity index (χ0) is 12.8. The van der Waals surface area contributed by atoms with E-state index in [1.165, 1.54) is 5.57 Å². The van der Waals surface area contributed by atoms with Crippen LogP contribution in [0, 0.1) is 0 Å². The third kappa shape index (κ3) is 3.99. The van der Waals surface area contributed by atoms with Gasteiger partial charge in [-0.2, -0.15) is 0 Å². The first-order valence-corrected chi connectivity index (χ1v) is 6.59. The third-order valence-electron chi connectivity index (χ3n) is 2.81. The molecule has 98 valence electrons. The van der Waals surface area contributed by atoms with E-state index >= 15 is 0 Å². The van der Waals surface area contributed by atoms with Crippen molar-refractivity contribution in [3.8, 4) is 0 Å². The highest BCUT2D eigenvalue weighted by atomic mass is 16.6. The lowest BCUT2D eigenvalue weighted by Crippen LogP contribution is -2.43. The lowest BCUT2D eigenvalue weighted by molar-refractivity contribution is 0.127. The topological polar surface area (TPSA) is 36.9 Å². The monoisotopic (exact) mass is 250 g/mol. The fourth-order valence-electron chi connectivity index (χ4n) is 1.89. The molecule has 2 rings (SSSR count). The zero-order valence-electron chi connectivity index (χ0n) is 11.2. The van der Waals surface area contributed by atoms with Gasteiger partial charge in [-0.25, -0.2) is 0 Å². The predicted octanol–water partition coefficient (Wildman–Crippen LogP) is 1.81. The molecular weight excluding hydrogens is 230 g/mol. The Morgan fingerprint density at radius 2 is 1.22 bits per heavy atom. The summed E-state index contributed by atoms with van der Waals surface area (Å²) in [6, 6.07) is 0. The molecule has 0 aromatic carbocycles. The molecule has 4 nitrogen and oxygen atoms in total. The van der Waals surface area contributed by atoms with E-state index in [1.807, 2.05) is 12.2 Å². The molecule has 0 bridgehead atoms. The Balaban J connectivity index is 2.10. The summed E-state index contributed by atoms with van der Waals surface area (Å²) in [6.45, 7) is 7.01. The number of rotatable bonds is 3. The molecule has 0 N–H and O–H groups in total. The SMILES string of the molecule is CC(C)=CC=C(B1OCCCO1)B1OCCCO1. The first-order chi connectivity index (χ1) is 8.77. The molecule has 6 heteroatoms. The second-order valence-electron chi connectivity index (χ2n) is 4.76. The quantitative estimate of drug-likeness (QED) is 0.565. The first-order valence-electron chi connectivity index (χ1n) is 6.59. The van der Waals surface area contributed by atoms with Crippen LogP contribution in [0.2, 0.25) is 0 Å². The van der Waals surface area contributed by atoms with E-state index < -0.39 is 0 Å². The van der Waals surface area contributed by atoms with Gasteiger partial charge in [-0.1, -0.05) is 17.7 Å². The van der Waals surface area contributed by atoms with E-state index in [-0.39, 0.29) is 14.2 Å². The van der Waals surface area contributed by atoms with E-state index in [0.29, 0.717) is 0 Å². The maximum atomic E-state index is 5.65. The first kappa shape index (κ1) is 13.9. The molecule has 0 amide bonds. The normalized spacial score (nSPS) is 20.6. The molecular formula is C12H20B2O4. The van der Waals surface area contributed by atoms with Crippen LogP contribution in [0.1, 0.15) is 26.7 Å². The number of allylic oxidation sites excluding steroid dienone is 3. The van der Waals surface area contributed by atoms with Gasteiger partial charge in [-0.05, 0) is 32.1 Å². The van der Waals surface area contributed by atoms with Crippen molar-refractivity contribution in [2.45, 2.75) is 26.7 Å². The van der Waals surface area contributed by atoms with Crippen LogP contribution < -0.4 is 0 Å². The standard InChI is InChI=1S/C12H20B2O4/c1-11(2)5-6-12(13-15-7-3-8-16-13)14-17-9-4-10-18-14/h5-6H,3-4,7-10H2,1-2H3. The van der Waals surface area contributed by atoms with Gasteiger partial charge in [0.05, 0.1) is 0 Å². The van der Waals surface area contributed by atoms with Crippen molar-refractivity contribution < 1.29 is 18.6 Å². The summed E-state index contributed by atoms with van der Waals surface area (Å²) >= 11 is 0. The summed E-state index contributed by atoms with van der Waals surface area (Å²) in [6.07, 6.45) is 5.93. The average molecular weight is 250 g/mol. The highest BCUT2D eigenvalue weighted by molar-refractivity contribution is 6.77. The van der Waals surface area contributed by atoms with Gasteiger partial charge in [0.2, 0.25) is 0 Å². The van der Waals surface area contributed by atoms with Gasteiger partial charge in [0, 0.05) is 26.4 Å². The molecule has 0 spiro atoms. The predicted molar refractivity (Wildman–Crippen MR) is 72.1 cm³/mol. The minimum Gasteiger partial charge on any atom is -0.408 e. The molecule has 2 heterocycles. The van der Waals surface area contributed by atoms with E-state index in [2.05, 4.69) is 13.8 Å². The molecule has 0 saturated carbocycles. The van der Waals surface area contributed by atoms with Crippen molar-refractivity contribution in [1.29, 1.82) is 0 Å². The van der Waals surface area contributed by atoms with E-state index in [9.17, 15) is 0 Å². The molecule has 18 heavy (non-hydrogen) atoms. The van der Waals surface area contributed by atoms with Crippen LogP contribution in [0.15, 0.2) is 23.1 Å². The highest BCUT2D eigenvalue weighted by Crippen LogP contribution is 2.18. The minimum absolute atomic E-state index is 0.336. The second kappa shape index (κ2) is 7.14. The van der Waals surface area contributed by atoms with Gasteiger partial charge in [-0.3, -0.25) is 0 Å². The molecule has 2 fully saturated rings. The Labute approximate surface area is 110 Å². The molecule has 0 aliphatic carbocycles. The summed E-state index contributed by atoms with van der Waals surface area (Å²) in [5, 5.41) is 0.926. The summed E-state index contributed by atoms with van der Waals surface area (Å²) in [5.41, 5.74) is 1.22. The van der Waals surface area contributed by atoms with Crippen molar-refractivity contribution in [2.75, 3.05) is 26.4 Å². The molecule has 2 aliphatic rings. The van der Waals surface area contributed by atoms with Crippen molar-refractivity contribution in [2.24, 2.45) is 0 Å². The molecule has 0 atom stereocenters. The van der Waals surface area contributed by atoms with Gasteiger partial charge in [-0.15, -0.1) is 0 Å². The van der Waals surface area contributed by atoms with Crippen LogP contribution in [-0.4, -0.2) is 40.7 Å². The molecule has 2 saturated heterocycles. The lowest BCUT2D eigenvalue weighted by atomic mass is 9.56. The average Bonchev–Trinajstić information content (AvgIpc) is 2.41. The second-order valence-corrected chi connectivity index (χ2v) is 4.76. The van der Waals surface area contributed by atoms with Crippen LogP contribution in [0.3, 0.4) is 0 Å².